The quantitative estimate of drug-likeness (QED) is 0.404. The van der Waals surface area contributed by atoms with E-state index in [2.05, 4.69) is 15.6 Å². The van der Waals surface area contributed by atoms with Crippen molar-refractivity contribution in [3.05, 3.63) is 66.4 Å². The minimum Gasteiger partial charge on any atom is -0.467 e. The van der Waals surface area contributed by atoms with Crippen molar-refractivity contribution in [1.82, 2.24) is 20.3 Å². The Bertz CT molecular complexity index is 1200. The zero-order valence-corrected chi connectivity index (χ0v) is 19.4. The average molecular weight is 490 g/mol. The number of nitrogens with two attached hydrogens (primary N) is 1. The number of aromatic nitrogens is 3. The van der Waals surface area contributed by atoms with Gasteiger partial charge in [0.25, 0.3) is 0 Å². The smallest absolute Gasteiger partial charge is 0.329 e. The molecule has 0 fully saturated rings. The third-order valence-corrected chi connectivity index (χ3v) is 6.64. The van der Waals surface area contributed by atoms with Crippen LogP contribution in [0.5, 0.6) is 0 Å². The van der Waals surface area contributed by atoms with E-state index < -0.39 is 27.9 Å². The summed E-state index contributed by atoms with van der Waals surface area (Å²) < 4.78 is 29.0. The van der Waals surface area contributed by atoms with Crippen molar-refractivity contribution in [2.24, 2.45) is 5.14 Å². The van der Waals surface area contributed by atoms with E-state index in [1.807, 2.05) is 30.3 Å². The molecule has 0 aliphatic rings. The first-order valence-corrected chi connectivity index (χ1v) is 12.5. The zero-order valence-electron chi connectivity index (χ0n) is 17.7. The van der Waals surface area contributed by atoms with Gasteiger partial charge in [0.05, 0.1) is 23.9 Å². The number of benzene rings is 2. The summed E-state index contributed by atoms with van der Waals surface area (Å²) in [5.41, 5.74) is 2.21. The molecule has 3 rings (SSSR count). The van der Waals surface area contributed by atoms with Gasteiger partial charge in [0.1, 0.15) is 12.6 Å². The first kappa shape index (κ1) is 24.4. The van der Waals surface area contributed by atoms with Crippen LogP contribution in [0.4, 0.5) is 0 Å². The van der Waals surface area contributed by atoms with Gasteiger partial charge >= 0.3 is 5.97 Å². The molecule has 0 saturated carbocycles. The number of primary sulfonamides is 1. The number of nitrogens with one attached hydrogen (secondary N) is 1. The third kappa shape index (κ3) is 6.88. The Morgan fingerprint density at radius 2 is 1.85 bits per heavy atom. The molecule has 1 aromatic heterocycles. The van der Waals surface area contributed by atoms with E-state index in [9.17, 15) is 18.0 Å². The number of sulfonamides is 1. The molecule has 174 valence electrons. The number of carbonyl (C=O) groups excluding carboxylic acids is 2. The van der Waals surface area contributed by atoms with E-state index in [0.717, 1.165) is 5.56 Å². The second kappa shape index (κ2) is 11.1. The third-order valence-electron chi connectivity index (χ3n) is 4.61. The molecular formula is C21H23N5O5S2. The lowest BCUT2D eigenvalue weighted by Crippen LogP contribution is -2.44. The lowest BCUT2D eigenvalue weighted by Gasteiger charge is -2.16. The van der Waals surface area contributed by atoms with Crippen LogP contribution in [0.25, 0.3) is 11.3 Å². The molecule has 3 aromatic rings. The van der Waals surface area contributed by atoms with Gasteiger partial charge in [-0.05, 0) is 17.7 Å². The van der Waals surface area contributed by atoms with Crippen molar-refractivity contribution in [1.29, 1.82) is 0 Å². The minimum absolute atomic E-state index is 0.0306. The van der Waals surface area contributed by atoms with Crippen LogP contribution in [0, 0.1) is 0 Å². The van der Waals surface area contributed by atoms with Gasteiger partial charge in [-0.2, -0.15) is 11.8 Å². The summed E-state index contributed by atoms with van der Waals surface area (Å²) >= 11 is 1.50. The van der Waals surface area contributed by atoms with Gasteiger partial charge in [-0.3, -0.25) is 4.79 Å². The Kier molecular flexibility index (Phi) is 8.20. The van der Waals surface area contributed by atoms with Crippen LogP contribution in [-0.2, 0) is 36.6 Å². The van der Waals surface area contributed by atoms with Crippen molar-refractivity contribution < 1.29 is 22.7 Å². The molecule has 0 aliphatic carbocycles. The maximum Gasteiger partial charge on any atom is 0.329 e. The molecule has 1 heterocycles. The summed E-state index contributed by atoms with van der Waals surface area (Å²) in [6.45, 7) is -0.191. The van der Waals surface area contributed by atoms with E-state index in [1.165, 1.54) is 41.9 Å². The standard InChI is InChI=1S/C21H23N5O5S2/c1-31-21(28)18(14-32-13-15-5-3-2-4-6-15)24-20(27)12-26-19(11-23-25-26)16-7-9-17(10-8-16)33(22,29)30/h2-11,18H,12-14H2,1H3,(H,24,27)(H2,22,29,30)/t18-/m0/s1. The predicted molar refractivity (Wildman–Crippen MR) is 123 cm³/mol. The Morgan fingerprint density at radius 1 is 1.15 bits per heavy atom. The van der Waals surface area contributed by atoms with Crippen molar-refractivity contribution in [3.63, 3.8) is 0 Å². The fourth-order valence-electron chi connectivity index (χ4n) is 2.97. The normalized spacial score (nSPS) is 12.2. The Hall–Kier alpha value is -3.22. The first-order chi connectivity index (χ1) is 15.8. The first-order valence-electron chi connectivity index (χ1n) is 9.78. The molecule has 1 atom stereocenters. The van der Waals surface area contributed by atoms with Gasteiger partial charge in [-0.1, -0.05) is 47.7 Å². The minimum atomic E-state index is -3.82. The number of methoxy groups -OCH3 is 1. The van der Waals surface area contributed by atoms with Gasteiger partial charge < -0.3 is 10.1 Å². The molecule has 0 unspecified atom stereocenters. The molecular weight excluding hydrogens is 466 g/mol. The number of hydrogen-bond acceptors (Lipinski definition) is 8. The number of thioether (sulfide) groups is 1. The Balaban J connectivity index is 1.64. The molecule has 1 amide bonds. The van der Waals surface area contributed by atoms with E-state index in [1.54, 1.807) is 12.1 Å². The van der Waals surface area contributed by atoms with E-state index in [0.29, 0.717) is 22.8 Å². The number of rotatable bonds is 10. The maximum atomic E-state index is 12.6. The summed E-state index contributed by atoms with van der Waals surface area (Å²) in [7, 11) is -2.55. The molecule has 2 aromatic carbocycles. The van der Waals surface area contributed by atoms with Gasteiger partial charge in [0.15, 0.2) is 0 Å². The maximum absolute atomic E-state index is 12.6. The summed E-state index contributed by atoms with van der Waals surface area (Å²) in [4.78, 5) is 24.7. The number of carbonyl (C=O) groups is 2. The Labute approximate surface area is 195 Å². The van der Waals surface area contributed by atoms with E-state index >= 15 is 0 Å². The molecule has 0 aliphatic heterocycles. The highest BCUT2D eigenvalue weighted by atomic mass is 32.2. The fourth-order valence-corrected chi connectivity index (χ4v) is 4.49. The van der Waals surface area contributed by atoms with Crippen LogP contribution in [0.15, 0.2) is 65.7 Å². The molecule has 3 N–H and O–H groups in total. The zero-order chi connectivity index (χ0) is 23.8. The number of ether oxygens (including phenoxy) is 1. The average Bonchev–Trinajstić information content (AvgIpc) is 3.26. The van der Waals surface area contributed by atoms with Crippen molar-refractivity contribution in [3.8, 4) is 11.3 Å². The highest BCUT2D eigenvalue weighted by Crippen LogP contribution is 2.20. The van der Waals surface area contributed by atoms with Crippen molar-refractivity contribution in [2.75, 3.05) is 12.9 Å². The summed E-state index contributed by atoms with van der Waals surface area (Å²) in [5, 5.41) is 15.6. The van der Waals surface area contributed by atoms with Crippen LogP contribution in [0.1, 0.15) is 5.56 Å². The van der Waals surface area contributed by atoms with Gasteiger partial charge in [-0.25, -0.2) is 23.0 Å². The highest BCUT2D eigenvalue weighted by Gasteiger charge is 2.22. The van der Waals surface area contributed by atoms with Crippen LogP contribution >= 0.6 is 11.8 Å². The lowest BCUT2D eigenvalue weighted by atomic mass is 10.2. The molecule has 10 nitrogen and oxygen atoms in total. The second-order valence-electron chi connectivity index (χ2n) is 6.99. The molecule has 0 spiro atoms. The molecule has 0 saturated heterocycles. The number of amides is 1. The number of esters is 1. The molecule has 0 bridgehead atoms. The highest BCUT2D eigenvalue weighted by molar-refractivity contribution is 7.98. The van der Waals surface area contributed by atoms with Crippen LogP contribution in [0.2, 0.25) is 0 Å². The van der Waals surface area contributed by atoms with Crippen molar-refractivity contribution >= 4 is 33.7 Å². The van der Waals surface area contributed by atoms with E-state index in [-0.39, 0.29) is 11.4 Å². The predicted octanol–water partition coefficient (Wildman–Crippen LogP) is 1.18. The summed E-state index contributed by atoms with van der Waals surface area (Å²) in [6, 6.07) is 14.8. The van der Waals surface area contributed by atoms with Gasteiger partial charge in [0, 0.05) is 17.1 Å². The van der Waals surface area contributed by atoms with Crippen LogP contribution in [-0.4, -0.2) is 54.2 Å². The summed E-state index contributed by atoms with van der Waals surface area (Å²) in [6.07, 6.45) is 1.45. The summed E-state index contributed by atoms with van der Waals surface area (Å²) in [5.74, 6) is 0.0401. The van der Waals surface area contributed by atoms with Crippen LogP contribution in [0.3, 0.4) is 0 Å². The number of hydrogen-bond donors (Lipinski definition) is 2. The van der Waals surface area contributed by atoms with Crippen LogP contribution < -0.4 is 10.5 Å². The monoisotopic (exact) mass is 489 g/mol. The molecule has 0 radical (unpaired) electrons. The molecule has 33 heavy (non-hydrogen) atoms. The fraction of sp³-hybridized carbons (Fsp3) is 0.238. The Morgan fingerprint density at radius 3 is 2.48 bits per heavy atom. The lowest BCUT2D eigenvalue weighted by molar-refractivity contribution is -0.144. The topological polar surface area (TPSA) is 146 Å². The van der Waals surface area contributed by atoms with E-state index in [4.69, 9.17) is 9.88 Å². The molecule has 12 heteroatoms. The SMILES string of the molecule is COC(=O)[C@H](CSCc1ccccc1)NC(=O)Cn1nncc1-c1ccc(S(N)(=O)=O)cc1. The van der Waals surface area contributed by atoms with Gasteiger partial charge in [0.2, 0.25) is 15.9 Å². The second-order valence-corrected chi connectivity index (χ2v) is 9.58. The largest absolute Gasteiger partial charge is 0.467 e. The van der Waals surface area contributed by atoms with Gasteiger partial charge in [-0.15, -0.1) is 5.10 Å². The van der Waals surface area contributed by atoms with Crippen molar-refractivity contribution in [2.45, 2.75) is 23.2 Å². The number of nitrogens with zero attached hydrogens (tertiary/aromatic N) is 3.